The Balaban J connectivity index is 0.00000193. The quantitative estimate of drug-likeness (QED) is 0.648. The average molecular weight is 430 g/mol. The van der Waals surface area contributed by atoms with Crippen LogP contribution in [0.25, 0.3) is 16.6 Å². The molecule has 30 heavy (non-hydrogen) atoms. The molecule has 3 aromatic rings. The number of hydrogen-bond acceptors (Lipinski definition) is 5. The van der Waals surface area contributed by atoms with E-state index in [4.69, 9.17) is 9.84 Å². The number of hydrogen-bond donors (Lipinski definition) is 2. The largest absolute Gasteiger partial charge is 0.380 e. The van der Waals surface area contributed by atoms with E-state index in [-0.39, 0.29) is 29.3 Å². The van der Waals surface area contributed by atoms with Gasteiger partial charge in [0.2, 0.25) is 5.91 Å². The summed E-state index contributed by atoms with van der Waals surface area (Å²) in [6.45, 7) is 3.81. The van der Waals surface area contributed by atoms with Crippen molar-refractivity contribution in [2.75, 3.05) is 37.7 Å². The molecular weight excluding hydrogens is 406 g/mol. The summed E-state index contributed by atoms with van der Waals surface area (Å²) in [4.78, 5) is 30.2. The zero-order chi connectivity index (χ0) is 19.6. The van der Waals surface area contributed by atoms with Gasteiger partial charge in [0.1, 0.15) is 5.65 Å². The number of nitrogens with zero attached hydrogens (tertiary/aromatic N) is 3. The van der Waals surface area contributed by atoms with E-state index in [9.17, 15) is 9.59 Å². The van der Waals surface area contributed by atoms with Gasteiger partial charge < -0.3 is 19.9 Å². The summed E-state index contributed by atoms with van der Waals surface area (Å²) in [7, 11) is 0. The number of carbonyl (C=O) groups excluding carboxylic acids is 1. The van der Waals surface area contributed by atoms with Crippen LogP contribution < -0.4 is 15.8 Å². The number of ether oxygens (including phenoxy) is 1. The molecule has 5 heterocycles. The topological polar surface area (TPSA) is 91.7 Å². The van der Waals surface area contributed by atoms with Crippen LogP contribution in [0.15, 0.2) is 29.1 Å². The van der Waals surface area contributed by atoms with Crippen molar-refractivity contribution in [1.82, 2.24) is 19.9 Å². The molecule has 2 N–H and O–H groups in total. The molecule has 0 atom stereocenters. The van der Waals surface area contributed by atoms with Crippen molar-refractivity contribution >= 4 is 40.6 Å². The lowest BCUT2D eigenvalue weighted by molar-refractivity contribution is -0.126. The number of fused-ring (bicyclic) bond motifs is 3. The maximum atomic E-state index is 12.8. The zero-order valence-electron chi connectivity index (χ0n) is 16.5. The minimum absolute atomic E-state index is 0. The van der Waals surface area contributed by atoms with Crippen LogP contribution in [0.3, 0.4) is 0 Å². The van der Waals surface area contributed by atoms with E-state index in [1.165, 1.54) is 0 Å². The summed E-state index contributed by atoms with van der Waals surface area (Å²) in [6, 6.07) is 7.51. The molecule has 1 aromatic carbocycles. The second-order valence-corrected chi connectivity index (χ2v) is 8.66. The molecule has 8 nitrogen and oxygen atoms in total. The summed E-state index contributed by atoms with van der Waals surface area (Å²) in [6.07, 6.45) is 2.48. The highest BCUT2D eigenvalue weighted by molar-refractivity contribution is 6.09. The summed E-state index contributed by atoms with van der Waals surface area (Å²) in [5.74, 6) is 0.402. The number of rotatable bonds is 2. The van der Waals surface area contributed by atoms with Crippen molar-refractivity contribution < 1.29 is 9.53 Å². The van der Waals surface area contributed by atoms with Gasteiger partial charge in [-0.15, -0.1) is 12.4 Å². The van der Waals surface area contributed by atoms with Crippen molar-refractivity contribution in [1.29, 1.82) is 0 Å². The second-order valence-electron chi connectivity index (χ2n) is 8.66. The highest BCUT2D eigenvalue weighted by Gasteiger charge is 2.49. The van der Waals surface area contributed by atoms with Gasteiger partial charge in [-0.05, 0) is 38.1 Å². The van der Waals surface area contributed by atoms with E-state index in [0.29, 0.717) is 37.7 Å². The first-order chi connectivity index (χ1) is 14.1. The Morgan fingerprint density at radius 3 is 2.67 bits per heavy atom. The molecule has 158 valence electrons. The van der Waals surface area contributed by atoms with Gasteiger partial charge in [-0.3, -0.25) is 9.59 Å². The Hall–Kier alpha value is -2.42. The van der Waals surface area contributed by atoms with Crippen LogP contribution in [-0.2, 0) is 9.53 Å². The fourth-order valence-electron chi connectivity index (χ4n) is 5.10. The Morgan fingerprint density at radius 2 is 1.97 bits per heavy atom. The van der Waals surface area contributed by atoms with Gasteiger partial charge in [0.05, 0.1) is 35.5 Å². The van der Waals surface area contributed by atoms with Gasteiger partial charge >= 0.3 is 0 Å². The van der Waals surface area contributed by atoms with E-state index in [0.717, 1.165) is 48.2 Å². The van der Waals surface area contributed by atoms with Crippen molar-refractivity contribution in [3.63, 3.8) is 0 Å². The minimum atomic E-state index is -0.126. The molecule has 3 saturated heterocycles. The molecule has 6 rings (SSSR count). The van der Waals surface area contributed by atoms with Gasteiger partial charge in [-0.1, -0.05) is 6.07 Å². The fourth-order valence-corrected chi connectivity index (χ4v) is 5.10. The van der Waals surface area contributed by atoms with Crippen LogP contribution in [0.5, 0.6) is 0 Å². The number of benzene rings is 1. The lowest BCUT2D eigenvalue weighted by Gasteiger charge is -2.36. The molecule has 3 aliphatic rings. The molecule has 3 aliphatic heterocycles. The highest BCUT2D eigenvalue weighted by Crippen LogP contribution is 2.42. The van der Waals surface area contributed by atoms with E-state index in [1.807, 2.05) is 27.6 Å². The molecule has 0 aliphatic carbocycles. The number of amides is 1. The molecule has 1 spiro atoms. The summed E-state index contributed by atoms with van der Waals surface area (Å²) in [5.41, 5.74) is 3.05. The van der Waals surface area contributed by atoms with E-state index in [1.54, 1.807) is 6.07 Å². The first-order valence-corrected chi connectivity index (χ1v) is 10.3. The number of piperidine rings is 1. The minimum Gasteiger partial charge on any atom is -0.380 e. The molecule has 0 radical (unpaired) electrons. The second kappa shape index (κ2) is 7.08. The molecule has 0 bridgehead atoms. The van der Waals surface area contributed by atoms with Crippen LogP contribution in [0.1, 0.15) is 30.9 Å². The van der Waals surface area contributed by atoms with Crippen molar-refractivity contribution in [3.05, 3.63) is 40.3 Å². The fraction of sp³-hybridized carbons (Fsp3) is 0.476. The summed E-state index contributed by atoms with van der Waals surface area (Å²) >= 11 is 0. The van der Waals surface area contributed by atoms with Crippen LogP contribution in [0, 0.1) is 5.41 Å². The molecule has 1 amide bonds. The van der Waals surface area contributed by atoms with Gasteiger partial charge in [-0.25, -0.2) is 4.52 Å². The molecule has 3 fully saturated rings. The lowest BCUT2D eigenvalue weighted by Crippen LogP contribution is -2.44. The smallest absolute Gasteiger partial charge is 0.251 e. The average Bonchev–Trinajstić information content (AvgIpc) is 3.26. The molecular formula is C21H24ClN5O3. The first kappa shape index (κ1) is 19.5. The summed E-state index contributed by atoms with van der Waals surface area (Å²) in [5, 5.41) is 9.03. The lowest BCUT2D eigenvalue weighted by atomic mass is 9.85. The third-order valence-electron chi connectivity index (χ3n) is 6.63. The van der Waals surface area contributed by atoms with Gasteiger partial charge in [0.25, 0.3) is 5.56 Å². The van der Waals surface area contributed by atoms with Crippen molar-refractivity contribution in [2.45, 2.75) is 25.2 Å². The predicted octanol–water partition coefficient (Wildman–Crippen LogP) is 1.82. The van der Waals surface area contributed by atoms with E-state index < -0.39 is 0 Å². The molecule has 9 heteroatoms. The number of anilines is 1. The van der Waals surface area contributed by atoms with Crippen LogP contribution in [-0.4, -0.2) is 53.4 Å². The number of halogens is 1. The predicted molar refractivity (Wildman–Crippen MR) is 116 cm³/mol. The standard InChI is InChI=1S/C21H23N5O3.ClH/c27-17-8-16(13-4-6-22-7-5-13)26-20(23-17)19-14(24-26)2-1-3-15(19)25-10-21(9-18(25)28)11-29-12-21;/h1-3,8,13,22H,4-7,9-12H2,(H,23,27);1H. The van der Waals surface area contributed by atoms with E-state index in [2.05, 4.69) is 10.3 Å². The zero-order valence-corrected chi connectivity index (χ0v) is 17.3. The molecule has 2 aromatic heterocycles. The third-order valence-corrected chi connectivity index (χ3v) is 6.63. The Kier molecular flexibility index (Phi) is 4.61. The third kappa shape index (κ3) is 2.85. The normalized spacial score (nSPS) is 21.3. The molecule has 0 saturated carbocycles. The van der Waals surface area contributed by atoms with Crippen LogP contribution >= 0.6 is 12.4 Å². The van der Waals surface area contributed by atoms with Crippen LogP contribution in [0.4, 0.5) is 5.69 Å². The van der Waals surface area contributed by atoms with E-state index >= 15 is 0 Å². The maximum Gasteiger partial charge on any atom is 0.251 e. The summed E-state index contributed by atoms with van der Waals surface area (Å²) < 4.78 is 7.27. The van der Waals surface area contributed by atoms with Gasteiger partial charge in [0.15, 0.2) is 0 Å². The van der Waals surface area contributed by atoms with Crippen molar-refractivity contribution in [2.24, 2.45) is 5.41 Å². The number of H-pyrrole nitrogens is 1. The van der Waals surface area contributed by atoms with Gasteiger partial charge in [-0.2, -0.15) is 5.10 Å². The maximum absolute atomic E-state index is 12.8. The first-order valence-electron chi connectivity index (χ1n) is 10.3. The monoisotopic (exact) mass is 429 g/mol. The number of nitrogens with one attached hydrogen (secondary N) is 2. The van der Waals surface area contributed by atoms with Gasteiger partial charge in [0, 0.05) is 30.4 Å². The van der Waals surface area contributed by atoms with Crippen molar-refractivity contribution in [3.8, 4) is 0 Å². The Bertz CT molecular complexity index is 1190. The Labute approximate surface area is 179 Å². The highest BCUT2D eigenvalue weighted by atomic mass is 35.5. The molecule has 0 unspecified atom stereocenters. The number of aromatic amines is 1. The van der Waals surface area contributed by atoms with Crippen LogP contribution in [0.2, 0.25) is 0 Å². The Morgan fingerprint density at radius 1 is 1.17 bits per heavy atom. The number of carbonyl (C=O) groups is 1. The SMILES string of the molecule is Cl.O=C1CC2(COC2)CN1c1cccc2nn3c(C4CCNCC4)cc(=O)[nH]c3c12. The number of aromatic nitrogens is 3.